The number of aliphatic hydroxyl groups is 1. The zero-order valence-electron chi connectivity index (χ0n) is 21.0. The van der Waals surface area contributed by atoms with Crippen LogP contribution < -0.4 is 9.80 Å². The maximum Gasteiger partial charge on any atom is 0.416 e. The van der Waals surface area contributed by atoms with Crippen molar-refractivity contribution in [2.45, 2.75) is 37.7 Å². The average Bonchev–Trinajstić information content (AvgIpc) is 2.84. The Hall–Kier alpha value is -3.31. The number of pyridine rings is 1. The number of nitrogens with zero attached hydrogens (tertiary/aromatic N) is 3. The van der Waals surface area contributed by atoms with E-state index in [4.69, 9.17) is 11.6 Å². The molecule has 1 N–H and O–H groups in total. The number of carbonyl (C=O) groups is 1. The van der Waals surface area contributed by atoms with Gasteiger partial charge < -0.3 is 14.9 Å². The number of aromatic nitrogens is 1. The number of anilines is 2. The largest absolute Gasteiger partial charge is 0.416 e. The number of hydrogen-bond donors (Lipinski definition) is 1. The smallest absolute Gasteiger partial charge is 0.389 e. The van der Waals surface area contributed by atoms with Crippen molar-refractivity contribution in [3.05, 3.63) is 76.4 Å². The van der Waals surface area contributed by atoms with Gasteiger partial charge in [-0.1, -0.05) is 29.8 Å². The van der Waals surface area contributed by atoms with Crippen molar-refractivity contribution in [2.24, 2.45) is 0 Å². The van der Waals surface area contributed by atoms with Crippen molar-refractivity contribution in [3.8, 4) is 11.1 Å². The monoisotopic (exact) mass is 571 g/mol. The molecule has 0 bridgehead atoms. The van der Waals surface area contributed by atoms with Gasteiger partial charge in [0.05, 0.1) is 34.5 Å². The maximum absolute atomic E-state index is 13.7. The van der Waals surface area contributed by atoms with Gasteiger partial charge in [-0.15, -0.1) is 0 Å². The van der Waals surface area contributed by atoms with Crippen LogP contribution in [0, 0.1) is 0 Å². The van der Waals surface area contributed by atoms with Crippen LogP contribution in [-0.4, -0.2) is 42.2 Å². The lowest BCUT2D eigenvalue weighted by Crippen LogP contribution is -2.51. The Morgan fingerprint density at radius 2 is 1.49 bits per heavy atom. The van der Waals surface area contributed by atoms with Crippen molar-refractivity contribution in [1.29, 1.82) is 0 Å². The summed E-state index contributed by atoms with van der Waals surface area (Å²) in [4.78, 5) is 21.1. The minimum atomic E-state index is -5.05. The quantitative estimate of drug-likeness (QED) is 0.352. The maximum atomic E-state index is 13.7. The molecule has 0 unspecified atom stereocenters. The van der Waals surface area contributed by atoms with Gasteiger partial charge in [-0.25, -0.2) is 4.98 Å². The van der Waals surface area contributed by atoms with Gasteiger partial charge in [-0.2, -0.15) is 26.3 Å². The molecule has 4 rings (SSSR count). The third-order valence-corrected chi connectivity index (χ3v) is 7.06. The number of hydrogen-bond acceptors (Lipinski definition) is 4. The number of carbonyl (C=O) groups excluding carboxylic acids is 1. The highest BCUT2D eigenvalue weighted by Crippen LogP contribution is 2.42. The lowest BCUT2D eigenvalue weighted by atomic mass is 9.81. The number of β-amino-alcohol motifs (C(OH)–C–C–N with tert-alkyl or cyclic N) is 1. The summed E-state index contributed by atoms with van der Waals surface area (Å²) in [5, 5.41) is 10.0. The Morgan fingerprint density at radius 3 is 2.00 bits per heavy atom. The van der Waals surface area contributed by atoms with Gasteiger partial charge in [0.15, 0.2) is 0 Å². The summed E-state index contributed by atoms with van der Waals surface area (Å²) in [5.74, 6) is -0.260. The molecule has 1 amide bonds. The summed E-state index contributed by atoms with van der Waals surface area (Å²) in [6.07, 6.45) is -9.22. The molecule has 1 aliphatic rings. The second-order valence-electron chi connectivity index (χ2n) is 9.88. The van der Waals surface area contributed by atoms with Crippen molar-refractivity contribution in [1.82, 2.24) is 4.98 Å². The third-order valence-electron chi connectivity index (χ3n) is 6.73. The number of benzene rings is 2. The van der Waals surface area contributed by atoms with Crippen LogP contribution in [0.5, 0.6) is 0 Å². The molecule has 2 heterocycles. The third kappa shape index (κ3) is 5.69. The molecule has 3 aromatic rings. The van der Waals surface area contributed by atoms with E-state index in [-0.39, 0.29) is 11.8 Å². The summed E-state index contributed by atoms with van der Waals surface area (Å²) in [6, 6.07) is 9.61. The van der Waals surface area contributed by atoms with Crippen LogP contribution in [0.3, 0.4) is 0 Å². The molecule has 0 spiro atoms. The molecule has 1 aromatic heterocycles. The van der Waals surface area contributed by atoms with E-state index in [1.54, 1.807) is 30.3 Å². The van der Waals surface area contributed by atoms with Crippen LogP contribution in [0.4, 0.5) is 37.8 Å². The fourth-order valence-corrected chi connectivity index (χ4v) is 4.62. The van der Waals surface area contributed by atoms with Crippen LogP contribution in [0.1, 0.15) is 30.5 Å². The van der Waals surface area contributed by atoms with E-state index in [0.717, 1.165) is 4.90 Å². The van der Waals surface area contributed by atoms with Crippen LogP contribution in [0.15, 0.2) is 54.7 Å². The minimum absolute atomic E-state index is 0.0264. The fourth-order valence-electron chi connectivity index (χ4n) is 4.38. The van der Waals surface area contributed by atoms with E-state index >= 15 is 0 Å². The van der Waals surface area contributed by atoms with Crippen LogP contribution in [0.2, 0.25) is 5.02 Å². The predicted molar refractivity (Wildman–Crippen MR) is 136 cm³/mol. The molecule has 0 radical (unpaired) electrons. The van der Waals surface area contributed by atoms with E-state index in [9.17, 15) is 36.2 Å². The summed E-state index contributed by atoms with van der Waals surface area (Å²) in [5.41, 5.74) is -4.00. The van der Waals surface area contributed by atoms with Gasteiger partial charge in [-0.3, -0.25) is 4.79 Å². The zero-order valence-corrected chi connectivity index (χ0v) is 21.8. The lowest BCUT2D eigenvalue weighted by molar-refractivity contribution is -0.143. The molecule has 12 heteroatoms. The second kappa shape index (κ2) is 10.0. The summed E-state index contributed by atoms with van der Waals surface area (Å²) >= 11 is 6.43. The Bertz CT molecular complexity index is 1370. The van der Waals surface area contributed by atoms with Crippen molar-refractivity contribution >= 4 is 29.0 Å². The number of aliphatic hydroxyl groups excluding tert-OH is 1. The van der Waals surface area contributed by atoms with Gasteiger partial charge in [0, 0.05) is 36.3 Å². The topological polar surface area (TPSA) is 56.7 Å². The number of likely N-dealkylation sites (N-methyl/N-ethyl adjacent to an activating group) is 1. The van der Waals surface area contributed by atoms with Crippen molar-refractivity contribution < 1.29 is 36.2 Å². The first kappa shape index (κ1) is 28.7. The Kier molecular flexibility index (Phi) is 7.37. The minimum Gasteiger partial charge on any atom is -0.389 e. The van der Waals surface area contributed by atoms with Gasteiger partial charge >= 0.3 is 12.4 Å². The zero-order chi connectivity index (χ0) is 28.9. The van der Waals surface area contributed by atoms with Crippen molar-refractivity contribution in [2.75, 3.05) is 29.9 Å². The Morgan fingerprint density at radius 1 is 0.949 bits per heavy atom. The highest BCUT2D eigenvalue weighted by molar-refractivity contribution is 6.33. The van der Waals surface area contributed by atoms with Gasteiger partial charge in [0.2, 0.25) is 5.91 Å². The number of rotatable bonds is 5. The molecule has 0 aliphatic carbocycles. The summed E-state index contributed by atoms with van der Waals surface area (Å²) in [7, 11) is 1.37. The van der Waals surface area contributed by atoms with Crippen LogP contribution in [-0.2, 0) is 22.6 Å². The first-order valence-corrected chi connectivity index (χ1v) is 12.1. The van der Waals surface area contributed by atoms with Crippen LogP contribution in [0.25, 0.3) is 11.1 Å². The summed E-state index contributed by atoms with van der Waals surface area (Å²) < 4.78 is 80.9. The molecule has 208 valence electrons. The average molecular weight is 572 g/mol. The molecule has 0 atom stereocenters. The molecule has 1 fully saturated rings. The highest BCUT2D eigenvalue weighted by atomic mass is 35.5. The molecule has 5 nitrogen and oxygen atoms in total. The van der Waals surface area contributed by atoms with Gasteiger partial charge in [0.1, 0.15) is 5.82 Å². The Labute approximate surface area is 225 Å². The lowest BCUT2D eigenvalue weighted by Gasteiger charge is -2.37. The second-order valence-corrected chi connectivity index (χ2v) is 10.3. The molecule has 2 aromatic carbocycles. The van der Waals surface area contributed by atoms with Crippen LogP contribution >= 0.6 is 11.6 Å². The normalized spacial score (nSPS) is 14.8. The molecule has 1 saturated heterocycles. The number of halogens is 7. The fraction of sp³-hybridized carbons (Fsp3) is 0.333. The summed E-state index contributed by atoms with van der Waals surface area (Å²) in [6.45, 7) is 3.24. The van der Waals surface area contributed by atoms with Crippen molar-refractivity contribution in [3.63, 3.8) is 0 Å². The molecule has 39 heavy (non-hydrogen) atoms. The molecule has 1 aliphatic heterocycles. The predicted octanol–water partition coefficient (Wildman–Crippen LogP) is 6.56. The molecular formula is C27H24ClF6N3O2. The van der Waals surface area contributed by atoms with E-state index in [1.807, 2.05) is 4.90 Å². The SMILES string of the molecule is CN(C(=O)C(C)(C)c1cc(C(F)(F)F)cc(C(F)(F)F)c1)c1cnc(N2CC(O)C2)cc1-c1ccccc1Cl. The van der Waals surface area contributed by atoms with Gasteiger partial charge in [0.25, 0.3) is 0 Å². The van der Waals surface area contributed by atoms with E-state index in [1.165, 1.54) is 27.1 Å². The molecule has 0 saturated carbocycles. The standard InChI is InChI=1S/C27H24ClF6N3O2/c1-25(2,15-8-16(26(29,30)31)10-17(9-15)27(32,33)34)24(39)36(3)22-12-35-23(37-13-18(38)14-37)11-20(22)19-6-4-5-7-21(19)28/h4-12,18,38H,13-14H2,1-3H3. The first-order chi connectivity index (χ1) is 18.0. The molecular weight excluding hydrogens is 548 g/mol. The highest BCUT2D eigenvalue weighted by Gasteiger charge is 2.41. The van der Waals surface area contributed by atoms with E-state index in [2.05, 4.69) is 4.98 Å². The first-order valence-electron chi connectivity index (χ1n) is 11.8. The number of amides is 1. The van der Waals surface area contributed by atoms with Gasteiger partial charge in [-0.05, 0) is 49.7 Å². The number of alkyl halides is 6. The Balaban J connectivity index is 1.80. The van der Waals surface area contributed by atoms with E-state index < -0.39 is 46.5 Å². The van der Waals surface area contributed by atoms with E-state index in [0.29, 0.717) is 47.2 Å².